The minimum Gasteiger partial charge on any atom is -0.489 e. The number of hydrogen-bond donors (Lipinski definition) is 0. The van der Waals surface area contributed by atoms with E-state index in [1.165, 1.54) is 17.4 Å². The molecule has 190 valence electrons. The fraction of sp³-hybridized carbons (Fsp3) is 0.600. The van der Waals surface area contributed by atoms with E-state index < -0.39 is 10.0 Å². The number of aromatic nitrogens is 2. The van der Waals surface area contributed by atoms with Crippen molar-refractivity contribution in [3.05, 3.63) is 46.2 Å². The minimum atomic E-state index is -3.10. The van der Waals surface area contributed by atoms with Gasteiger partial charge in [-0.2, -0.15) is 4.31 Å². The van der Waals surface area contributed by atoms with Gasteiger partial charge in [-0.25, -0.2) is 18.4 Å². The first-order chi connectivity index (χ1) is 16.8. The Balaban J connectivity index is 1.12. The van der Waals surface area contributed by atoms with Crippen molar-refractivity contribution in [3.63, 3.8) is 0 Å². The van der Waals surface area contributed by atoms with Crippen molar-refractivity contribution < 1.29 is 13.2 Å². The van der Waals surface area contributed by atoms with Gasteiger partial charge >= 0.3 is 0 Å². The van der Waals surface area contributed by atoms with E-state index in [4.69, 9.17) is 4.74 Å². The molecule has 1 aromatic carbocycles. The standard InChI is InChI=1S/C25H34BrN5O3S/c1-3-18-13-27-25(28-14-18)30-16-20-11-22(12-21(20)17-30)34-24-5-4-19(10-23(24)26)15-29-6-8-31(9-7-29)35(2,32)33/h4-5,10,13-14,20-22H,3,6-9,11-12,15-17H2,1-2H3/t20-,21?,22?/m0/s1. The number of benzene rings is 1. The maximum Gasteiger partial charge on any atom is 0.225 e. The predicted molar refractivity (Wildman–Crippen MR) is 140 cm³/mol. The molecule has 1 saturated carbocycles. The fourth-order valence-corrected chi connectivity index (χ4v) is 6.94. The summed E-state index contributed by atoms with van der Waals surface area (Å²) in [7, 11) is -3.10. The zero-order valence-electron chi connectivity index (χ0n) is 20.4. The normalized spacial score (nSPS) is 25.7. The first kappa shape index (κ1) is 24.9. The summed E-state index contributed by atoms with van der Waals surface area (Å²) in [5.74, 6) is 3.00. The summed E-state index contributed by atoms with van der Waals surface area (Å²) in [6.45, 7) is 7.54. The Hall–Kier alpha value is -1.75. The Morgan fingerprint density at radius 3 is 2.26 bits per heavy atom. The van der Waals surface area contributed by atoms with E-state index >= 15 is 0 Å². The van der Waals surface area contributed by atoms with Crippen molar-refractivity contribution >= 4 is 31.9 Å². The van der Waals surface area contributed by atoms with Crippen LogP contribution in [-0.2, 0) is 23.0 Å². The predicted octanol–water partition coefficient (Wildman–Crippen LogP) is 3.17. The lowest BCUT2D eigenvalue weighted by molar-refractivity contribution is 0.181. The summed E-state index contributed by atoms with van der Waals surface area (Å²) in [6, 6.07) is 6.32. The van der Waals surface area contributed by atoms with Gasteiger partial charge in [0.2, 0.25) is 16.0 Å². The van der Waals surface area contributed by atoms with Crippen molar-refractivity contribution in [2.45, 2.75) is 38.8 Å². The number of piperazine rings is 1. The molecule has 35 heavy (non-hydrogen) atoms. The number of anilines is 1. The van der Waals surface area contributed by atoms with Crippen LogP contribution in [0.15, 0.2) is 35.1 Å². The molecule has 10 heteroatoms. The number of fused-ring (bicyclic) bond motifs is 1. The molecule has 3 aliphatic rings. The molecule has 1 aliphatic carbocycles. The molecule has 0 radical (unpaired) electrons. The van der Waals surface area contributed by atoms with E-state index in [0.29, 0.717) is 24.9 Å². The highest BCUT2D eigenvalue weighted by atomic mass is 79.9. The zero-order chi connectivity index (χ0) is 24.6. The third-order valence-corrected chi connectivity index (χ3v) is 9.51. The first-order valence-electron chi connectivity index (χ1n) is 12.5. The van der Waals surface area contributed by atoms with E-state index in [9.17, 15) is 8.42 Å². The molecule has 2 unspecified atom stereocenters. The lowest BCUT2D eigenvalue weighted by Crippen LogP contribution is -2.47. The Morgan fingerprint density at radius 2 is 1.69 bits per heavy atom. The van der Waals surface area contributed by atoms with Crippen molar-refractivity contribution in [2.75, 3.05) is 50.4 Å². The molecule has 8 nitrogen and oxygen atoms in total. The summed E-state index contributed by atoms with van der Waals surface area (Å²) in [5, 5.41) is 0. The topological polar surface area (TPSA) is 78.9 Å². The number of hydrogen-bond acceptors (Lipinski definition) is 7. The Labute approximate surface area is 216 Å². The molecule has 2 aromatic rings. The maximum absolute atomic E-state index is 11.7. The minimum absolute atomic E-state index is 0.238. The SMILES string of the molecule is CCc1cnc(N2CC3CC(Oc4ccc(CN5CCN(S(C)(=O)=O)CC5)cc4Br)C[C@H]3C2)nc1. The lowest BCUT2D eigenvalue weighted by atomic mass is 10.0. The van der Waals surface area contributed by atoms with Gasteiger partial charge in [-0.3, -0.25) is 4.90 Å². The van der Waals surface area contributed by atoms with Gasteiger partial charge in [-0.15, -0.1) is 0 Å². The molecule has 0 amide bonds. The van der Waals surface area contributed by atoms with Crippen LogP contribution in [0, 0.1) is 11.8 Å². The number of halogens is 1. The van der Waals surface area contributed by atoms with Crippen LogP contribution < -0.4 is 9.64 Å². The molecule has 0 bridgehead atoms. The van der Waals surface area contributed by atoms with Gasteiger partial charge in [0.15, 0.2) is 0 Å². The second-order valence-corrected chi connectivity index (χ2v) is 12.9. The highest BCUT2D eigenvalue weighted by Gasteiger charge is 2.42. The molecule has 0 spiro atoms. The number of aryl methyl sites for hydroxylation is 1. The molecule has 0 N–H and O–H groups in total. The van der Waals surface area contributed by atoms with Crippen LogP contribution in [0.2, 0.25) is 0 Å². The largest absolute Gasteiger partial charge is 0.489 e. The third kappa shape index (κ3) is 5.81. The molecule has 5 rings (SSSR count). The summed E-state index contributed by atoms with van der Waals surface area (Å²) in [6.07, 6.45) is 8.49. The van der Waals surface area contributed by atoms with Gasteiger partial charge in [0.05, 0.1) is 16.8 Å². The van der Waals surface area contributed by atoms with Crippen LogP contribution in [0.25, 0.3) is 0 Å². The van der Waals surface area contributed by atoms with Gasteiger partial charge in [-0.05, 0) is 70.3 Å². The molecule has 2 aliphatic heterocycles. The van der Waals surface area contributed by atoms with Crippen molar-refractivity contribution in [2.24, 2.45) is 11.8 Å². The molecule has 3 heterocycles. The quantitative estimate of drug-likeness (QED) is 0.511. The van der Waals surface area contributed by atoms with E-state index in [-0.39, 0.29) is 6.10 Å². The Bertz CT molecular complexity index is 1120. The monoisotopic (exact) mass is 563 g/mol. The Morgan fingerprint density at radius 1 is 1.03 bits per heavy atom. The lowest BCUT2D eigenvalue weighted by Gasteiger charge is -2.33. The van der Waals surface area contributed by atoms with Gasteiger partial charge in [0.25, 0.3) is 0 Å². The Kier molecular flexibility index (Phi) is 7.35. The van der Waals surface area contributed by atoms with Crippen LogP contribution in [0.3, 0.4) is 0 Å². The van der Waals surface area contributed by atoms with Gasteiger partial charge in [-0.1, -0.05) is 13.0 Å². The smallest absolute Gasteiger partial charge is 0.225 e. The van der Waals surface area contributed by atoms with Crippen molar-refractivity contribution in [3.8, 4) is 5.75 Å². The molecule has 2 saturated heterocycles. The molecule has 1 aromatic heterocycles. The second kappa shape index (κ2) is 10.3. The van der Waals surface area contributed by atoms with E-state index in [1.54, 1.807) is 4.31 Å². The van der Waals surface area contributed by atoms with Crippen LogP contribution in [0.5, 0.6) is 5.75 Å². The van der Waals surface area contributed by atoms with Crippen LogP contribution >= 0.6 is 15.9 Å². The highest BCUT2D eigenvalue weighted by molar-refractivity contribution is 9.10. The van der Waals surface area contributed by atoms with Gasteiger partial charge in [0, 0.05) is 58.2 Å². The summed E-state index contributed by atoms with van der Waals surface area (Å²) >= 11 is 3.71. The summed E-state index contributed by atoms with van der Waals surface area (Å²) in [5.41, 5.74) is 2.37. The van der Waals surface area contributed by atoms with Crippen LogP contribution in [-0.4, -0.2) is 79.2 Å². The van der Waals surface area contributed by atoms with E-state index in [2.05, 4.69) is 60.8 Å². The summed E-state index contributed by atoms with van der Waals surface area (Å²) < 4.78 is 32.4. The number of ether oxygens (including phenoxy) is 1. The average Bonchev–Trinajstić information content (AvgIpc) is 3.39. The van der Waals surface area contributed by atoms with E-state index in [0.717, 1.165) is 68.2 Å². The molecule has 3 atom stereocenters. The molecular weight excluding hydrogens is 530 g/mol. The van der Waals surface area contributed by atoms with Crippen LogP contribution in [0.1, 0.15) is 30.9 Å². The number of nitrogens with zero attached hydrogens (tertiary/aromatic N) is 5. The first-order valence-corrected chi connectivity index (χ1v) is 15.1. The van der Waals surface area contributed by atoms with Crippen molar-refractivity contribution in [1.82, 2.24) is 19.2 Å². The fourth-order valence-electron chi connectivity index (χ4n) is 5.59. The average molecular weight is 565 g/mol. The highest BCUT2D eigenvalue weighted by Crippen LogP contribution is 2.41. The second-order valence-electron chi connectivity index (χ2n) is 10.1. The zero-order valence-corrected chi connectivity index (χ0v) is 22.8. The van der Waals surface area contributed by atoms with Crippen LogP contribution in [0.4, 0.5) is 5.95 Å². The van der Waals surface area contributed by atoms with Gasteiger partial charge in [0.1, 0.15) is 5.75 Å². The van der Waals surface area contributed by atoms with Crippen molar-refractivity contribution in [1.29, 1.82) is 0 Å². The van der Waals surface area contributed by atoms with E-state index in [1.807, 2.05) is 12.4 Å². The molecular formula is C25H34BrN5O3S. The third-order valence-electron chi connectivity index (χ3n) is 7.59. The summed E-state index contributed by atoms with van der Waals surface area (Å²) in [4.78, 5) is 13.8. The number of sulfonamides is 1. The van der Waals surface area contributed by atoms with Gasteiger partial charge < -0.3 is 9.64 Å². The number of rotatable bonds is 7. The maximum atomic E-state index is 11.7. The molecule has 3 fully saturated rings.